The minimum atomic E-state index is 0.165. The summed E-state index contributed by atoms with van der Waals surface area (Å²) in [5.74, 6) is 1.68. The first-order chi connectivity index (χ1) is 9.15. The molecule has 1 aliphatic heterocycles. The molecule has 1 amide bonds. The Hall–Kier alpha value is -1.69. The van der Waals surface area contributed by atoms with Gasteiger partial charge in [-0.3, -0.25) is 4.79 Å². The summed E-state index contributed by atoms with van der Waals surface area (Å²) in [7, 11) is 0. The first kappa shape index (κ1) is 13.7. The smallest absolute Gasteiger partial charge is 0.224 e. The molecule has 0 bridgehead atoms. The van der Waals surface area contributed by atoms with Gasteiger partial charge >= 0.3 is 0 Å². The quantitative estimate of drug-likeness (QED) is 0.869. The highest BCUT2D eigenvalue weighted by molar-refractivity contribution is 5.76. The molecule has 1 fully saturated rings. The van der Waals surface area contributed by atoms with Gasteiger partial charge in [-0.25, -0.2) is 9.97 Å². The van der Waals surface area contributed by atoms with Crippen molar-refractivity contribution >= 4 is 11.7 Å². The number of anilines is 1. The van der Waals surface area contributed by atoms with E-state index in [1.807, 2.05) is 24.8 Å². The number of aromatic nitrogens is 2. The number of aryl methyl sites for hydroxylation is 2. The third-order valence-corrected chi connectivity index (χ3v) is 2.97. The number of hydrogen-bond donors (Lipinski definition) is 1. The van der Waals surface area contributed by atoms with E-state index in [0.29, 0.717) is 39.3 Å². The number of nitrogens with zero attached hydrogens (tertiary/aromatic N) is 3. The van der Waals surface area contributed by atoms with Crippen LogP contribution in [-0.2, 0) is 9.53 Å². The number of carbonyl (C=O) groups is 1. The van der Waals surface area contributed by atoms with Crippen molar-refractivity contribution in [3.8, 4) is 0 Å². The molecule has 1 N–H and O–H groups in total. The number of nitrogens with one attached hydrogen (secondary N) is 1. The predicted octanol–water partition coefficient (Wildman–Crippen LogP) is 0.754. The van der Waals surface area contributed by atoms with Crippen LogP contribution >= 0.6 is 0 Å². The highest BCUT2D eigenvalue weighted by atomic mass is 16.5. The summed E-state index contributed by atoms with van der Waals surface area (Å²) in [5, 5.41) is 3.17. The van der Waals surface area contributed by atoms with Crippen molar-refractivity contribution in [2.75, 3.05) is 38.2 Å². The third kappa shape index (κ3) is 4.17. The molecule has 2 heterocycles. The molecule has 0 aromatic carbocycles. The molecule has 0 saturated carbocycles. The molecule has 2 rings (SSSR count). The summed E-state index contributed by atoms with van der Waals surface area (Å²) < 4.78 is 5.22. The van der Waals surface area contributed by atoms with E-state index in [-0.39, 0.29) is 5.91 Å². The zero-order valence-electron chi connectivity index (χ0n) is 11.5. The SMILES string of the molecule is Cc1cc(NCCC(=O)N2CCOCC2)nc(C)n1. The minimum Gasteiger partial charge on any atom is -0.378 e. The van der Waals surface area contributed by atoms with Gasteiger partial charge in [0.25, 0.3) is 0 Å². The summed E-state index contributed by atoms with van der Waals surface area (Å²) >= 11 is 0. The highest BCUT2D eigenvalue weighted by Gasteiger charge is 2.15. The van der Waals surface area contributed by atoms with Gasteiger partial charge in [-0.2, -0.15) is 0 Å². The molecule has 0 atom stereocenters. The Bertz CT molecular complexity index is 424. The molecule has 6 heteroatoms. The Morgan fingerprint density at radius 2 is 2.11 bits per heavy atom. The predicted molar refractivity (Wildman–Crippen MR) is 72.0 cm³/mol. The molecule has 1 aromatic rings. The fraction of sp³-hybridized carbons (Fsp3) is 0.615. The Kier molecular flexibility index (Phi) is 4.68. The van der Waals surface area contributed by atoms with Crippen LogP contribution in [0.2, 0.25) is 0 Å². The molecule has 0 spiro atoms. The second kappa shape index (κ2) is 6.47. The summed E-state index contributed by atoms with van der Waals surface area (Å²) in [4.78, 5) is 22.3. The fourth-order valence-corrected chi connectivity index (χ4v) is 2.08. The van der Waals surface area contributed by atoms with Crippen molar-refractivity contribution in [3.05, 3.63) is 17.6 Å². The van der Waals surface area contributed by atoms with Gasteiger partial charge < -0.3 is 15.0 Å². The molecule has 1 aliphatic rings. The fourth-order valence-electron chi connectivity index (χ4n) is 2.08. The Morgan fingerprint density at radius 1 is 1.37 bits per heavy atom. The Morgan fingerprint density at radius 3 is 2.79 bits per heavy atom. The van der Waals surface area contributed by atoms with Crippen molar-refractivity contribution in [2.24, 2.45) is 0 Å². The van der Waals surface area contributed by atoms with E-state index in [1.165, 1.54) is 0 Å². The molecule has 0 aliphatic carbocycles. The van der Waals surface area contributed by atoms with Gasteiger partial charge in [0.1, 0.15) is 11.6 Å². The van der Waals surface area contributed by atoms with Gasteiger partial charge in [-0.05, 0) is 13.8 Å². The van der Waals surface area contributed by atoms with Crippen LogP contribution in [0.3, 0.4) is 0 Å². The maximum atomic E-state index is 11.9. The molecule has 104 valence electrons. The van der Waals surface area contributed by atoms with Gasteiger partial charge in [0.2, 0.25) is 5.91 Å². The standard InChI is InChI=1S/C13H20N4O2/c1-10-9-12(16-11(2)15-10)14-4-3-13(18)17-5-7-19-8-6-17/h9H,3-8H2,1-2H3,(H,14,15,16). The second-order valence-electron chi connectivity index (χ2n) is 4.61. The number of carbonyl (C=O) groups excluding carboxylic acids is 1. The van der Waals surface area contributed by atoms with E-state index >= 15 is 0 Å². The number of ether oxygens (including phenoxy) is 1. The van der Waals surface area contributed by atoms with E-state index in [9.17, 15) is 4.79 Å². The molecular formula is C13H20N4O2. The minimum absolute atomic E-state index is 0.165. The topological polar surface area (TPSA) is 67.4 Å². The summed E-state index contributed by atoms with van der Waals surface area (Å²) in [6, 6.07) is 1.88. The molecule has 0 radical (unpaired) electrons. The maximum absolute atomic E-state index is 11.9. The zero-order valence-corrected chi connectivity index (χ0v) is 11.5. The molecular weight excluding hydrogens is 244 g/mol. The summed E-state index contributed by atoms with van der Waals surface area (Å²) in [5.41, 5.74) is 0.925. The third-order valence-electron chi connectivity index (χ3n) is 2.97. The van der Waals surface area contributed by atoms with Crippen molar-refractivity contribution in [1.29, 1.82) is 0 Å². The van der Waals surface area contributed by atoms with Crippen LogP contribution in [0.15, 0.2) is 6.07 Å². The number of amides is 1. The lowest BCUT2D eigenvalue weighted by Crippen LogP contribution is -2.41. The van der Waals surface area contributed by atoms with Crippen LogP contribution in [0.25, 0.3) is 0 Å². The van der Waals surface area contributed by atoms with Crippen LogP contribution in [0, 0.1) is 13.8 Å². The maximum Gasteiger partial charge on any atom is 0.224 e. The van der Waals surface area contributed by atoms with E-state index in [0.717, 1.165) is 17.3 Å². The summed E-state index contributed by atoms with van der Waals surface area (Å²) in [6.07, 6.45) is 0.474. The number of hydrogen-bond acceptors (Lipinski definition) is 5. The zero-order chi connectivity index (χ0) is 13.7. The average Bonchev–Trinajstić information content (AvgIpc) is 2.38. The van der Waals surface area contributed by atoms with Gasteiger partial charge in [-0.15, -0.1) is 0 Å². The normalized spacial score (nSPS) is 15.4. The van der Waals surface area contributed by atoms with E-state index in [2.05, 4.69) is 15.3 Å². The van der Waals surface area contributed by atoms with E-state index in [1.54, 1.807) is 0 Å². The Labute approximate surface area is 113 Å². The lowest BCUT2D eigenvalue weighted by atomic mass is 10.3. The van der Waals surface area contributed by atoms with Crippen LogP contribution in [0.4, 0.5) is 5.82 Å². The van der Waals surface area contributed by atoms with Gasteiger partial charge in [-0.1, -0.05) is 0 Å². The number of rotatable bonds is 4. The first-order valence-corrected chi connectivity index (χ1v) is 6.57. The van der Waals surface area contributed by atoms with Crippen LogP contribution in [0.5, 0.6) is 0 Å². The molecule has 1 aromatic heterocycles. The lowest BCUT2D eigenvalue weighted by Gasteiger charge is -2.26. The molecule has 1 saturated heterocycles. The van der Waals surface area contributed by atoms with E-state index in [4.69, 9.17) is 4.74 Å². The molecule has 6 nitrogen and oxygen atoms in total. The van der Waals surface area contributed by atoms with Crippen LogP contribution < -0.4 is 5.32 Å². The largest absolute Gasteiger partial charge is 0.378 e. The van der Waals surface area contributed by atoms with Gasteiger partial charge in [0.15, 0.2) is 0 Å². The number of morpholine rings is 1. The van der Waals surface area contributed by atoms with Gasteiger partial charge in [0.05, 0.1) is 13.2 Å². The Balaban J connectivity index is 1.77. The van der Waals surface area contributed by atoms with Gasteiger partial charge in [0, 0.05) is 37.8 Å². The molecule has 19 heavy (non-hydrogen) atoms. The van der Waals surface area contributed by atoms with Crippen molar-refractivity contribution in [2.45, 2.75) is 20.3 Å². The average molecular weight is 264 g/mol. The summed E-state index contributed by atoms with van der Waals surface area (Å²) in [6.45, 7) is 7.06. The van der Waals surface area contributed by atoms with Crippen molar-refractivity contribution < 1.29 is 9.53 Å². The first-order valence-electron chi connectivity index (χ1n) is 6.57. The lowest BCUT2D eigenvalue weighted by molar-refractivity contribution is -0.134. The van der Waals surface area contributed by atoms with E-state index < -0.39 is 0 Å². The highest BCUT2D eigenvalue weighted by Crippen LogP contribution is 2.06. The monoisotopic (exact) mass is 264 g/mol. The second-order valence-corrected chi connectivity index (χ2v) is 4.61. The van der Waals surface area contributed by atoms with Crippen LogP contribution in [0.1, 0.15) is 17.9 Å². The van der Waals surface area contributed by atoms with Crippen LogP contribution in [-0.4, -0.2) is 53.6 Å². The van der Waals surface area contributed by atoms with Crippen molar-refractivity contribution in [3.63, 3.8) is 0 Å². The van der Waals surface area contributed by atoms with Crippen molar-refractivity contribution in [1.82, 2.24) is 14.9 Å². The molecule has 0 unspecified atom stereocenters.